The van der Waals surface area contributed by atoms with Gasteiger partial charge in [0.05, 0.1) is 7.11 Å². The lowest BCUT2D eigenvalue weighted by atomic mass is 9.98. The Morgan fingerprint density at radius 1 is 1.53 bits per heavy atom. The van der Waals surface area contributed by atoms with E-state index in [2.05, 4.69) is 23.3 Å². The number of rotatable bonds is 3. The molecule has 4 nitrogen and oxygen atoms in total. The van der Waals surface area contributed by atoms with E-state index in [9.17, 15) is 0 Å². The van der Waals surface area contributed by atoms with E-state index in [1.807, 2.05) is 18.2 Å². The number of nitrogens with one attached hydrogen (secondary N) is 1. The van der Waals surface area contributed by atoms with E-state index in [0.717, 1.165) is 30.9 Å². The number of hydrogen-bond acceptors (Lipinski definition) is 4. The van der Waals surface area contributed by atoms with Crippen LogP contribution in [-0.2, 0) is 0 Å². The summed E-state index contributed by atoms with van der Waals surface area (Å²) in [5.41, 5.74) is 7.43. The van der Waals surface area contributed by atoms with Gasteiger partial charge in [-0.25, -0.2) is 0 Å². The third-order valence-electron chi connectivity index (χ3n) is 3.32. The van der Waals surface area contributed by atoms with Gasteiger partial charge in [-0.2, -0.15) is 0 Å². The maximum atomic E-state index is 6.31. The van der Waals surface area contributed by atoms with Gasteiger partial charge in [-0.05, 0) is 24.7 Å². The summed E-state index contributed by atoms with van der Waals surface area (Å²) in [6.07, 6.45) is 0. The Morgan fingerprint density at radius 2 is 2.35 bits per heavy atom. The molecule has 0 radical (unpaired) electrons. The molecule has 0 spiro atoms. The SMILES string of the molecule is COc1cccc(C(N)C2CN(C)CCN2)c1. The van der Waals surface area contributed by atoms with E-state index < -0.39 is 0 Å². The number of hydrogen-bond donors (Lipinski definition) is 2. The van der Waals surface area contributed by atoms with Gasteiger partial charge in [-0.15, -0.1) is 0 Å². The van der Waals surface area contributed by atoms with E-state index in [4.69, 9.17) is 10.5 Å². The summed E-state index contributed by atoms with van der Waals surface area (Å²) in [5, 5.41) is 3.48. The molecular formula is C13H21N3O. The van der Waals surface area contributed by atoms with Gasteiger partial charge in [-0.3, -0.25) is 0 Å². The fraction of sp³-hybridized carbons (Fsp3) is 0.538. The van der Waals surface area contributed by atoms with E-state index in [-0.39, 0.29) is 6.04 Å². The quantitative estimate of drug-likeness (QED) is 0.805. The standard InChI is InChI=1S/C13H21N3O/c1-16-7-6-15-12(9-16)13(14)10-4-3-5-11(8-10)17-2/h3-5,8,12-13,15H,6-7,9,14H2,1-2H3. The minimum Gasteiger partial charge on any atom is -0.497 e. The van der Waals surface area contributed by atoms with Crippen LogP contribution >= 0.6 is 0 Å². The van der Waals surface area contributed by atoms with Gasteiger partial charge in [0, 0.05) is 31.7 Å². The Hall–Kier alpha value is -1.10. The maximum Gasteiger partial charge on any atom is 0.119 e. The molecule has 1 aliphatic heterocycles. The highest BCUT2D eigenvalue weighted by Gasteiger charge is 2.23. The molecule has 2 rings (SSSR count). The molecule has 0 saturated carbocycles. The van der Waals surface area contributed by atoms with Crippen LogP contribution in [0.2, 0.25) is 0 Å². The summed E-state index contributed by atoms with van der Waals surface area (Å²) >= 11 is 0. The molecule has 0 bridgehead atoms. The third kappa shape index (κ3) is 2.97. The Labute approximate surface area is 103 Å². The van der Waals surface area contributed by atoms with Crippen molar-refractivity contribution < 1.29 is 4.74 Å². The molecule has 3 N–H and O–H groups in total. The van der Waals surface area contributed by atoms with Gasteiger partial charge in [0.15, 0.2) is 0 Å². The van der Waals surface area contributed by atoms with Crippen LogP contribution in [0.4, 0.5) is 0 Å². The number of nitrogens with two attached hydrogens (primary N) is 1. The molecule has 1 heterocycles. The number of methoxy groups -OCH3 is 1. The van der Waals surface area contributed by atoms with Gasteiger partial charge in [0.1, 0.15) is 5.75 Å². The zero-order valence-electron chi connectivity index (χ0n) is 10.5. The second-order valence-corrected chi connectivity index (χ2v) is 4.63. The molecule has 1 aromatic carbocycles. The monoisotopic (exact) mass is 235 g/mol. The molecule has 0 aromatic heterocycles. The van der Waals surface area contributed by atoms with E-state index >= 15 is 0 Å². The Kier molecular flexibility index (Phi) is 3.99. The summed E-state index contributed by atoms with van der Waals surface area (Å²) in [5.74, 6) is 0.863. The predicted octanol–water partition coefficient (Wildman–Crippen LogP) is 0.599. The molecule has 1 aliphatic rings. The fourth-order valence-corrected chi connectivity index (χ4v) is 2.25. The summed E-state index contributed by atoms with van der Waals surface area (Å²) in [7, 11) is 3.81. The minimum absolute atomic E-state index is 0.00727. The molecule has 17 heavy (non-hydrogen) atoms. The highest BCUT2D eigenvalue weighted by atomic mass is 16.5. The largest absolute Gasteiger partial charge is 0.497 e. The van der Waals surface area contributed by atoms with Crippen molar-refractivity contribution in [1.82, 2.24) is 10.2 Å². The van der Waals surface area contributed by atoms with Gasteiger partial charge in [-0.1, -0.05) is 12.1 Å². The number of ether oxygens (including phenoxy) is 1. The highest BCUT2D eigenvalue weighted by Crippen LogP contribution is 2.21. The summed E-state index contributed by atoms with van der Waals surface area (Å²) in [4.78, 5) is 2.31. The van der Waals surface area contributed by atoms with Gasteiger partial charge >= 0.3 is 0 Å². The van der Waals surface area contributed by atoms with Crippen molar-refractivity contribution in [2.24, 2.45) is 5.73 Å². The van der Waals surface area contributed by atoms with Gasteiger partial charge < -0.3 is 20.7 Å². The van der Waals surface area contributed by atoms with Crippen molar-refractivity contribution >= 4 is 0 Å². The normalized spacial score (nSPS) is 23.4. The zero-order chi connectivity index (χ0) is 12.3. The number of benzene rings is 1. The minimum atomic E-state index is 0.00727. The topological polar surface area (TPSA) is 50.5 Å². The van der Waals surface area contributed by atoms with Crippen LogP contribution in [0.15, 0.2) is 24.3 Å². The third-order valence-corrected chi connectivity index (χ3v) is 3.32. The molecule has 2 atom stereocenters. The molecule has 1 saturated heterocycles. The first-order valence-electron chi connectivity index (χ1n) is 6.02. The number of nitrogens with zero attached hydrogens (tertiary/aromatic N) is 1. The van der Waals surface area contributed by atoms with Crippen molar-refractivity contribution in [3.63, 3.8) is 0 Å². The van der Waals surface area contributed by atoms with Crippen LogP contribution < -0.4 is 15.8 Å². The van der Waals surface area contributed by atoms with Gasteiger partial charge in [0.25, 0.3) is 0 Å². The van der Waals surface area contributed by atoms with Gasteiger partial charge in [0.2, 0.25) is 0 Å². The summed E-state index contributed by atoms with van der Waals surface area (Å²) in [6.45, 7) is 3.07. The van der Waals surface area contributed by atoms with Crippen LogP contribution in [-0.4, -0.2) is 44.7 Å². The summed E-state index contributed by atoms with van der Waals surface area (Å²) < 4.78 is 5.23. The average Bonchev–Trinajstić information content (AvgIpc) is 2.38. The molecular weight excluding hydrogens is 214 g/mol. The van der Waals surface area contributed by atoms with Crippen LogP contribution in [0.3, 0.4) is 0 Å². The van der Waals surface area contributed by atoms with Crippen LogP contribution in [0.25, 0.3) is 0 Å². The first kappa shape index (κ1) is 12.4. The van der Waals surface area contributed by atoms with Crippen LogP contribution in [0.1, 0.15) is 11.6 Å². The lowest BCUT2D eigenvalue weighted by Gasteiger charge is -2.34. The Bertz CT molecular complexity index is 369. The molecule has 4 heteroatoms. The van der Waals surface area contributed by atoms with Crippen molar-refractivity contribution in [3.8, 4) is 5.75 Å². The summed E-state index contributed by atoms with van der Waals surface area (Å²) in [6, 6.07) is 8.32. The molecule has 0 amide bonds. The lowest BCUT2D eigenvalue weighted by molar-refractivity contribution is 0.220. The first-order chi connectivity index (χ1) is 8.20. The smallest absolute Gasteiger partial charge is 0.119 e. The second kappa shape index (κ2) is 5.49. The maximum absolute atomic E-state index is 6.31. The fourth-order valence-electron chi connectivity index (χ4n) is 2.25. The van der Waals surface area contributed by atoms with Crippen molar-refractivity contribution in [3.05, 3.63) is 29.8 Å². The average molecular weight is 235 g/mol. The molecule has 94 valence electrons. The van der Waals surface area contributed by atoms with Crippen LogP contribution in [0, 0.1) is 0 Å². The Morgan fingerprint density at radius 3 is 3.06 bits per heavy atom. The number of piperazine rings is 1. The molecule has 2 unspecified atom stereocenters. The second-order valence-electron chi connectivity index (χ2n) is 4.63. The van der Waals surface area contributed by atoms with Crippen LogP contribution in [0.5, 0.6) is 5.75 Å². The predicted molar refractivity (Wildman–Crippen MR) is 69.2 cm³/mol. The Balaban J connectivity index is 2.09. The van der Waals surface area contributed by atoms with Crippen molar-refractivity contribution in [2.45, 2.75) is 12.1 Å². The zero-order valence-corrected chi connectivity index (χ0v) is 10.5. The number of likely N-dealkylation sites (N-methyl/N-ethyl adjacent to an activating group) is 1. The van der Waals surface area contributed by atoms with E-state index in [1.165, 1.54) is 0 Å². The van der Waals surface area contributed by atoms with Crippen molar-refractivity contribution in [1.29, 1.82) is 0 Å². The first-order valence-corrected chi connectivity index (χ1v) is 6.02. The van der Waals surface area contributed by atoms with E-state index in [0.29, 0.717) is 6.04 Å². The molecule has 1 fully saturated rings. The highest BCUT2D eigenvalue weighted by molar-refractivity contribution is 5.31. The molecule has 1 aromatic rings. The molecule has 0 aliphatic carbocycles. The van der Waals surface area contributed by atoms with Crippen molar-refractivity contribution in [2.75, 3.05) is 33.8 Å². The van der Waals surface area contributed by atoms with E-state index in [1.54, 1.807) is 7.11 Å². The lowest BCUT2D eigenvalue weighted by Crippen LogP contribution is -2.53.